The average molecular weight is 564 g/mol. The predicted molar refractivity (Wildman–Crippen MR) is 147 cm³/mol. The number of ether oxygens (including phenoxy) is 6. The number of methoxy groups -OCH3 is 2. The van der Waals surface area contributed by atoms with E-state index in [4.69, 9.17) is 40.0 Å². The monoisotopic (exact) mass is 563 g/mol. The summed E-state index contributed by atoms with van der Waals surface area (Å²) >= 11 is 6.60. The molecule has 11 heteroatoms. The third-order valence-corrected chi connectivity index (χ3v) is 7.14. The number of aromatic nitrogens is 2. The van der Waals surface area contributed by atoms with Crippen LogP contribution in [0.3, 0.4) is 0 Å². The van der Waals surface area contributed by atoms with Crippen molar-refractivity contribution < 1.29 is 33.2 Å². The van der Waals surface area contributed by atoms with Crippen LogP contribution in [-0.4, -0.2) is 67.8 Å². The second-order valence-corrected chi connectivity index (χ2v) is 9.69. The second-order valence-electron chi connectivity index (χ2n) is 9.28. The van der Waals surface area contributed by atoms with E-state index >= 15 is 0 Å². The minimum absolute atomic E-state index is 0.230. The lowest BCUT2D eigenvalue weighted by Crippen LogP contribution is -2.36. The van der Waals surface area contributed by atoms with E-state index in [1.165, 1.54) is 6.33 Å². The van der Waals surface area contributed by atoms with Crippen molar-refractivity contribution in [1.29, 1.82) is 0 Å². The Morgan fingerprint density at radius 2 is 1.62 bits per heavy atom. The van der Waals surface area contributed by atoms with E-state index in [1.807, 2.05) is 18.2 Å². The topological polar surface area (TPSA) is 110 Å². The van der Waals surface area contributed by atoms with Crippen LogP contribution in [0.25, 0.3) is 10.9 Å². The fraction of sp³-hybridized carbons (Fsp3) is 0.276. The van der Waals surface area contributed by atoms with Crippen molar-refractivity contribution in [2.75, 3.05) is 32.8 Å². The molecule has 6 rings (SSSR count). The number of hydrogen-bond acceptors (Lipinski definition) is 10. The standard InChI is InChI=1S/C29H26ClN3O7/c1-35-22-11-18-20(12-23(22)36-2)31-15-32-28(18)33-17-8-9-21(19(30)10-17)39-24-13-37-27-25(14-38-26(24)27)40-29(34)16-6-4-3-5-7-16/h3-12,15,24-27H,13-14H2,1-2H3,(H,31,32,33)/t24?,25-,26+,27+/m0/s1. The zero-order chi connectivity index (χ0) is 27.6. The number of benzene rings is 3. The summed E-state index contributed by atoms with van der Waals surface area (Å²) in [5.74, 6) is 1.79. The van der Waals surface area contributed by atoms with Crippen LogP contribution in [0, 0.1) is 0 Å². The fourth-order valence-electron chi connectivity index (χ4n) is 4.87. The lowest BCUT2D eigenvalue weighted by molar-refractivity contribution is -0.0190. The Balaban J connectivity index is 1.13. The highest BCUT2D eigenvalue weighted by Gasteiger charge is 2.50. The first-order valence-corrected chi connectivity index (χ1v) is 13.0. The van der Waals surface area contributed by atoms with Gasteiger partial charge in [-0.15, -0.1) is 0 Å². The Kier molecular flexibility index (Phi) is 7.29. The fourth-order valence-corrected chi connectivity index (χ4v) is 5.09. The van der Waals surface area contributed by atoms with Crippen molar-refractivity contribution >= 4 is 40.0 Å². The molecule has 206 valence electrons. The van der Waals surface area contributed by atoms with Crippen LogP contribution in [0.5, 0.6) is 17.2 Å². The van der Waals surface area contributed by atoms with E-state index in [0.29, 0.717) is 44.9 Å². The number of nitrogens with zero attached hydrogens (tertiary/aromatic N) is 2. The molecule has 1 unspecified atom stereocenters. The molecule has 3 aromatic carbocycles. The molecule has 3 heterocycles. The van der Waals surface area contributed by atoms with Crippen LogP contribution in [0.4, 0.5) is 11.5 Å². The van der Waals surface area contributed by atoms with Gasteiger partial charge >= 0.3 is 5.97 Å². The van der Waals surface area contributed by atoms with Crippen LogP contribution in [-0.2, 0) is 14.2 Å². The summed E-state index contributed by atoms with van der Waals surface area (Å²) in [7, 11) is 3.15. The van der Waals surface area contributed by atoms with E-state index in [-0.39, 0.29) is 19.3 Å². The molecule has 4 atom stereocenters. The van der Waals surface area contributed by atoms with E-state index in [2.05, 4.69) is 15.3 Å². The molecule has 0 amide bonds. The van der Waals surface area contributed by atoms with E-state index < -0.39 is 24.3 Å². The van der Waals surface area contributed by atoms with Crippen molar-refractivity contribution in [1.82, 2.24) is 9.97 Å². The number of rotatable bonds is 8. The van der Waals surface area contributed by atoms with Gasteiger partial charge in [0.1, 0.15) is 30.1 Å². The Hall–Kier alpha value is -4.12. The van der Waals surface area contributed by atoms with Gasteiger partial charge in [0, 0.05) is 17.1 Å². The van der Waals surface area contributed by atoms with Gasteiger partial charge in [-0.25, -0.2) is 14.8 Å². The first-order chi connectivity index (χ1) is 19.5. The van der Waals surface area contributed by atoms with Gasteiger partial charge < -0.3 is 33.7 Å². The van der Waals surface area contributed by atoms with Crippen LogP contribution < -0.4 is 19.5 Å². The van der Waals surface area contributed by atoms with Crippen LogP contribution in [0.1, 0.15) is 10.4 Å². The lowest BCUT2D eigenvalue weighted by Gasteiger charge is -2.19. The summed E-state index contributed by atoms with van der Waals surface area (Å²) in [5, 5.41) is 4.44. The first kappa shape index (κ1) is 26.1. The Bertz CT molecular complexity index is 1540. The van der Waals surface area contributed by atoms with Crippen molar-refractivity contribution in [3.8, 4) is 17.2 Å². The van der Waals surface area contributed by atoms with Crippen molar-refractivity contribution in [3.63, 3.8) is 0 Å². The maximum atomic E-state index is 12.5. The van der Waals surface area contributed by atoms with Gasteiger partial charge in [0.05, 0.1) is 43.5 Å². The molecule has 40 heavy (non-hydrogen) atoms. The van der Waals surface area contributed by atoms with E-state index in [1.54, 1.807) is 56.7 Å². The quantitative estimate of drug-likeness (QED) is 0.300. The number of hydrogen-bond donors (Lipinski definition) is 1. The molecule has 0 saturated carbocycles. The Morgan fingerprint density at radius 3 is 2.38 bits per heavy atom. The highest BCUT2D eigenvalue weighted by atomic mass is 35.5. The van der Waals surface area contributed by atoms with Gasteiger partial charge in [-0.2, -0.15) is 0 Å². The van der Waals surface area contributed by atoms with Crippen molar-refractivity contribution in [2.45, 2.75) is 24.4 Å². The Labute approximate surface area is 235 Å². The van der Waals surface area contributed by atoms with Gasteiger partial charge in [-0.05, 0) is 36.4 Å². The summed E-state index contributed by atoms with van der Waals surface area (Å²) in [4.78, 5) is 21.2. The first-order valence-electron chi connectivity index (χ1n) is 12.6. The van der Waals surface area contributed by atoms with E-state index in [0.717, 1.165) is 5.39 Å². The number of halogens is 1. The van der Waals surface area contributed by atoms with E-state index in [9.17, 15) is 4.79 Å². The summed E-state index contributed by atoms with van der Waals surface area (Å²) < 4.78 is 34.5. The summed E-state index contributed by atoms with van der Waals surface area (Å²) in [5.41, 5.74) is 1.88. The average Bonchev–Trinajstić information content (AvgIpc) is 3.57. The van der Waals surface area contributed by atoms with Crippen molar-refractivity contribution in [2.24, 2.45) is 0 Å². The molecule has 2 saturated heterocycles. The highest BCUT2D eigenvalue weighted by molar-refractivity contribution is 6.32. The molecule has 2 aliphatic rings. The highest BCUT2D eigenvalue weighted by Crippen LogP contribution is 2.37. The second kappa shape index (κ2) is 11.2. The van der Waals surface area contributed by atoms with Crippen molar-refractivity contribution in [3.05, 3.63) is 77.6 Å². The molecule has 2 aliphatic heterocycles. The van der Waals surface area contributed by atoms with Gasteiger partial charge in [-0.1, -0.05) is 29.8 Å². The van der Waals surface area contributed by atoms with Crippen LogP contribution in [0.2, 0.25) is 5.02 Å². The smallest absolute Gasteiger partial charge is 0.338 e. The number of carbonyl (C=O) groups is 1. The van der Waals surface area contributed by atoms with Gasteiger partial charge in [-0.3, -0.25) is 0 Å². The molecule has 0 radical (unpaired) electrons. The molecule has 0 spiro atoms. The third kappa shape index (κ3) is 5.08. The molecule has 4 aromatic rings. The summed E-state index contributed by atoms with van der Waals surface area (Å²) in [6.07, 6.45) is -0.261. The summed E-state index contributed by atoms with van der Waals surface area (Å²) in [6.45, 7) is 0.511. The number of nitrogens with one attached hydrogen (secondary N) is 1. The number of esters is 1. The SMILES string of the molecule is COc1cc2ncnc(Nc3ccc(OC4CO[C@@H]5[C@@H](OC(=O)c6ccccc6)CO[C@H]45)c(Cl)c3)c2cc1OC. The zero-order valence-corrected chi connectivity index (χ0v) is 22.5. The maximum absolute atomic E-state index is 12.5. The summed E-state index contributed by atoms with van der Waals surface area (Å²) in [6, 6.07) is 17.8. The minimum Gasteiger partial charge on any atom is -0.493 e. The maximum Gasteiger partial charge on any atom is 0.338 e. The number of carbonyl (C=O) groups excluding carboxylic acids is 1. The van der Waals surface area contributed by atoms with Gasteiger partial charge in [0.25, 0.3) is 0 Å². The molecule has 1 aromatic heterocycles. The molecule has 2 fully saturated rings. The molecular weight excluding hydrogens is 538 g/mol. The Morgan fingerprint density at radius 1 is 0.900 bits per heavy atom. The molecule has 10 nitrogen and oxygen atoms in total. The minimum atomic E-state index is -0.519. The van der Waals surface area contributed by atoms with Gasteiger partial charge in [0.15, 0.2) is 23.7 Å². The number of anilines is 2. The largest absolute Gasteiger partial charge is 0.493 e. The lowest BCUT2D eigenvalue weighted by atomic mass is 10.1. The normalized spacial score (nSPS) is 21.6. The predicted octanol–water partition coefficient (Wildman–Crippen LogP) is 4.81. The third-order valence-electron chi connectivity index (χ3n) is 6.84. The van der Waals surface area contributed by atoms with Crippen LogP contribution in [0.15, 0.2) is 67.0 Å². The van der Waals surface area contributed by atoms with Crippen LogP contribution >= 0.6 is 11.6 Å². The molecular formula is C29H26ClN3O7. The number of fused-ring (bicyclic) bond motifs is 2. The molecule has 0 aliphatic carbocycles. The molecule has 1 N–H and O–H groups in total. The van der Waals surface area contributed by atoms with Gasteiger partial charge in [0.2, 0.25) is 0 Å². The zero-order valence-electron chi connectivity index (χ0n) is 21.7. The molecule has 0 bridgehead atoms.